The Morgan fingerprint density at radius 1 is 0.265 bits per heavy atom. The van der Waals surface area contributed by atoms with Gasteiger partial charge in [0, 0.05) is 112 Å². The molecule has 480 valence electrons. The monoisotopic (exact) mass is 1170 g/mol. The second kappa shape index (κ2) is 30.8. The summed E-state index contributed by atoms with van der Waals surface area (Å²) in [6.45, 7) is 53.3. The standard InChI is InChI=1S/2C33H58N2O6.CH4/c1-29(2,3)24(37)17-20(27(40)31(7,8)9)16-23(36)21(35-33(13,14)15)19-26(39)34-22(28(41)32(10,11)12)18-25(38)30(4,5)6;1-29(2,3)24(37)17-20(16-23(36)21(35-33(13,14)15)18-25(38)30(4,5)6)28(41)34-22(27(40)32(10,11)12)19-26(39)31(7,8)9;/h20-22,35H,16-19H2,1-15H3,(H,34,39);20-22,35H,16-19H2,1-15H3,(H,34,41);1H4. The van der Waals surface area contributed by atoms with E-state index in [0.717, 1.165) is 0 Å². The number of nitrogens with one attached hydrogen (secondary N) is 4. The summed E-state index contributed by atoms with van der Waals surface area (Å²) in [5.41, 5.74) is -6.91. The third kappa shape index (κ3) is 32.0. The van der Waals surface area contributed by atoms with Gasteiger partial charge in [-0.3, -0.25) is 57.5 Å². The van der Waals surface area contributed by atoms with E-state index in [-0.39, 0.29) is 117 Å². The van der Waals surface area contributed by atoms with Crippen molar-refractivity contribution in [2.75, 3.05) is 0 Å². The smallest absolute Gasteiger partial charge is 0.224 e. The van der Waals surface area contributed by atoms with Crippen LogP contribution in [0.4, 0.5) is 0 Å². The number of Topliss-reactive ketones (excluding diaryl/α,β-unsaturated/α-hetero) is 10. The molecule has 0 aromatic heterocycles. The fourth-order valence-electron chi connectivity index (χ4n) is 8.16. The van der Waals surface area contributed by atoms with Gasteiger partial charge in [-0.05, 0) is 41.5 Å². The SMILES string of the molecule is C.CC(C)(C)NC(CC(=O)C(C)(C)C)C(=O)CC(CC(=O)C(C)(C)C)C(=O)NC(CC(=O)C(C)(C)C)C(=O)C(C)(C)C.CC(C)(C)NC(CC(=O)NC(CC(=O)C(C)(C)C)C(=O)C(C)(C)C)C(=O)CC(CC(=O)C(C)(C)C)C(=O)C(C)(C)C. The molecule has 83 heavy (non-hydrogen) atoms. The van der Waals surface area contributed by atoms with E-state index in [0.29, 0.717) is 0 Å². The van der Waals surface area contributed by atoms with Crippen LogP contribution in [0.1, 0.15) is 267 Å². The molecule has 0 fully saturated rings. The van der Waals surface area contributed by atoms with Crippen molar-refractivity contribution in [3.63, 3.8) is 0 Å². The lowest BCUT2D eigenvalue weighted by Crippen LogP contribution is -2.53. The molecule has 0 heterocycles. The Morgan fingerprint density at radius 2 is 0.506 bits per heavy atom. The highest BCUT2D eigenvalue weighted by atomic mass is 16.2. The normalized spacial score (nSPS) is 15.3. The van der Waals surface area contributed by atoms with Crippen molar-refractivity contribution in [3.05, 3.63) is 0 Å². The van der Waals surface area contributed by atoms with Gasteiger partial charge in [-0.2, -0.15) is 0 Å². The van der Waals surface area contributed by atoms with Crippen molar-refractivity contribution in [2.24, 2.45) is 55.2 Å². The number of hydrogen-bond donors (Lipinski definition) is 4. The van der Waals surface area contributed by atoms with Crippen LogP contribution in [-0.4, -0.2) is 105 Å². The first-order chi connectivity index (χ1) is 35.9. The van der Waals surface area contributed by atoms with E-state index >= 15 is 0 Å². The Hall–Kier alpha value is -4.44. The molecule has 0 rings (SSSR count). The zero-order valence-electron chi connectivity index (χ0n) is 57.0. The Labute approximate surface area is 503 Å². The van der Waals surface area contributed by atoms with E-state index in [4.69, 9.17) is 0 Å². The number of carbonyl (C=O) groups excluding carboxylic acids is 12. The molecule has 6 unspecified atom stereocenters. The molecule has 16 heteroatoms. The van der Waals surface area contributed by atoms with E-state index in [9.17, 15) is 57.5 Å². The second-order valence-electron chi connectivity index (χ2n) is 33.2. The van der Waals surface area contributed by atoms with Crippen molar-refractivity contribution >= 4 is 69.6 Å². The van der Waals surface area contributed by atoms with Gasteiger partial charge >= 0.3 is 0 Å². The van der Waals surface area contributed by atoms with Crippen LogP contribution in [0.5, 0.6) is 0 Å². The van der Waals surface area contributed by atoms with Gasteiger partial charge in [0.25, 0.3) is 0 Å². The van der Waals surface area contributed by atoms with Crippen LogP contribution >= 0.6 is 0 Å². The Morgan fingerprint density at radius 3 is 0.783 bits per heavy atom. The van der Waals surface area contributed by atoms with Crippen molar-refractivity contribution in [1.29, 1.82) is 0 Å². The Balaban J connectivity index is -0.00000152. The fourth-order valence-corrected chi connectivity index (χ4v) is 8.16. The van der Waals surface area contributed by atoms with Crippen LogP contribution in [0.15, 0.2) is 0 Å². The van der Waals surface area contributed by atoms with Crippen molar-refractivity contribution in [2.45, 2.75) is 302 Å². The first-order valence-corrected chi connectivity index (χ1v) is 29.4. The molecule has 0 aliphatic rings. The Kier molecular flexibility index (Phi) is 30.7. The van der Waals surface area contributed by atoms with Crippen LogP contribution in [0.3, 0.4) is 0 Å². The molecule has 0 aromatic carbocycles. The van der Waals surface area contributed by atoms with E-state index in [2.05, 4.69) is 21.3 Å². The quantitative estimate of drug-likeness (QED) is 0.0629. The first-order valence-electron chi connectivity index (χ1n) is 29.4. The number of carbonyl (C=O) groups is 12. The summed E-state index contributed by atoms with van der Waals surface area (Å²) in [6, 6.07) is -3.93. The molecule has 0 spiro atoms. The molecule has 2 amide bonds. The maximum atomic E-state index is 13.7. The van der Waals surface area contributed by atoms with Gasteiger partial charge in [0.1, 0.15) is 34.7 Å². The summed E-state index contributed by atoms with van der Waals surface area (Å²) in [5.74, 6) is -5.30. The van der Waals surface area contributed by atoms with Crippen LogP contribution in [-0.2, 0) is 57.5 Å². The molecule has 16 nitrogen and oxygen atoms in total. The van der Waals surface area contributed by atoms with Gasteiger partial charge in [-0.1, -0.05) is 174 Å². The highest BCUT2D eigenvalue weighted by Gasteiger charge is 2.42. The summed E-state index contributed by atoms with van der Waals surface area (Å²) in [5, 5.41) is 11.9. The molecule has 0 aliphatic carbocycles. The van der Waals surface area contributed by atoms with Gasteiger partial charge in [0.05, 0.1) is 30.1 Å². The average Bonchev–Trinajstić information content (AvgIpc) is 3.23. The van der Waals surface area contributed by atoms with Gasteiger partial charge in [0.2, 0.25) is 11.8 Å². The first kappa shape index (κ1) is 82.8. The largest absolute Gasteiger partial charge is 0.346 e. The highest BCUT2D eigenvalue weighted by Crippen LogP contribution is 2.31. The van der Waals surface area contributed by atoms with Gasteiger partial charge in [-0.25, -0.2) is 0 Å². The number of amides is 2. The molecule has 4 N–H and O–H groups in total. The van der Waals surface area contributed by atoms with E-state index < -0.39 is 102 Å². The van der Waals surface area contributed by atoms with Gasteiger partial charge < -0.3 is 21.3 Å². The predicted octanol–water partition coefficient (Wildman–Crippen LogP) is 11.5. The minimum Gasteiger partial charge on any atom is -0.346 e. The van der Waals surface area contributed by atoms with Crippen molar-refractivity contribution in [1.82, 2.24) is 21.3 Å². The summed E-state index contributed by atoms with van der Waals surface area (Å²) in [7, 11) is 0. The van der Waals surface area contributed by atoms with Crippen LogP contribution < -0.4 is 21.3 Å². The molecular formula is C67H120N4O12. The van der Waals surface area contributed by atoms with Crippen LogP contribution in [0, 0.1) is 55.2 Å². The third-order valence-electron chi connectivity index (χ3n) is 13.7. The van der Waals surface area contributed by atoms with Crippen molar-refractivity contribution < 1.29 is 57.5 Å². The minimum absolute atomic E-state index is 0. The van der Waals surface area contributed by atoms with E-state index in [1.54, 1.807) is 166 Å². The summed E-state index contributed by atoms with van der Waals surface area (Å²) < 4.78 is 0. The summed E-state index contributed by atoms with van der Waals surface area (Å²) in [6.07, 6.45) is -1.41. The maximum absolute atomic E-state index is 13.7. The molecule has 0 aromatic rings. The number of ketones is 10. The lowest BCUT2D eigenvalue weighted by molar-refractivity contribution is -0.139. The third-order valence-corrected chi connectivity index (χ3v) is 13.7. The fraction of sp³-hybridized carbons (Fsp3) is 0.821. The maximum Gasteiger partial charge on any atom is 0.224 e. The lowest BCUT2D eigenvalue weighted by atomic mass is 9.75. The molecule has 0 saturated carbocycles. The van der Waals surface area contributed by atoms with Gasteiger partial charge in [0.15, 0.2) is 23.1 Å². The lowest BCUT2D eigenvalue weighted by Gasteiger charge is -2.31. The topological polar surface area (TPSA) is 253 Å². The molecule has 0 aliphatic heterocycles. The number of hydrogen-bond acceptors (Lipinski definition) is 14. The van der Waals surface area contributed by atoms with E-state index in [1.165, 1.54) is 0 Å². The zero-order valence-corrected chi connectivity index (χ0v) is 57.0. The Bertz CT molecular complexity index is 2300. The molecule has 0 bridgehead atoms. The summed E-state index contributed by atoms with van der Waals surface area (Å²) >= 11 is 0. The van der Waals surface area contributed by atoms with Gasteiger partial charge in [-0.15, -0.1) is 0 Å². The van der Waals surface area contributed by atoms with Crippen LogP contribution in [0.2, 0.25) is 0 Å². The predicted molar refractivity (Wildman–Crippen MR) is 334 cm³/mol. The minimum atomic E-state index is -1.09. The molecule has 0 radical (unpaired) electrons. The summed E-state index contributed by atoms with van der Waals surface area (Å²) in [4.78, 5) is 159. The molecule has 6 atom stereocenters. The van der Waals surface area contributed by atoms with Crippen molar-refractivity contribution in [3.8, 4) is 0 Å². The molecule has 0 saturated heterocycles. The average molecular weight is 1170 g/mol. The van der Waals surface area contributed by atoms with Crippen LogP contribution in [0.25, 0.3) is 0 Å². The number of rotatable bonds is 26. The molecular weight excluding hydrogens is 1050 g/mol. The highest BCUT2D eigenvalue weighted by molar-refractivity contribution is 6.02. The zero-order chi connectivity index (χ0) is 65.9. The second-order valence-corrected chi connectivity index (χ2v) is 33.2. The van der Waals surface area contributed by atoms with E-state index in [1.807, 2.05) is 41.5 Å².